The average Bonchev–Trinajstić information content (AvgIpc) is 2.36. The van der Waals surface area contributed by atoms with Crippen LogP contribution in [0.4, 0.5) is 5.69 Å². The molecule has 0 unspecified atom stereocenters. The minimum Gasteiger partial charge on any atom is -0.362 e. The molecule has 0 aliphatic carbocycles. The fourth-order valence-corrected chi connectivity index (χ4v) is 2.18. The first kappa shape index (κ1) is 15.2. The van der Waals surface area contributed by atoms with Crippen LogP contribution in [0.5, 0.6) is 0 Å². The number of nitrogens with one attached hydrogen (secondary N) is 2. The van der Waals surface area contributed by atoms with Crippen LogP contribution in [0, 0.1) is 0 Å². The SMILES string of the molecule is CC(=O)N[C@@H](Nc1ccc2ccccc2c1)C(Cl)(Cl)Cl. The molecular weight excluding hydrogens is 319 g/mol. The van der Waals surface area contributed by atoms with E-state index in [1.165, 1.54) is 6.92 Å². The standard InChI is InChI=1S/C14H13Cl3N2O/c1-9(20)18-13(14(15,16)17)19-12-7-6-10-4-2-3-5-11(10)8-12/h2-8,13,19H,1H3,(H,18,20)/t13-/m0/s1. The molecule has 2 rings (SSSR count). The Labute approximate surface area is 132 Å². The summed E-state index contributed by atoms with van der Waals surface area (Å²) in [5, 5.41) is 7.76. The molecule has 106 valence electrons. The molecule has 2 aromatic carbocycles. The number of anilines is 1. The topological polar surface area (TPSA) is 41.1 Å². The van der Waals surface area contributed by atoms with Gasteiger partial charge in [-0.05, 0) is 22.9 Å². The summed E-state index contributed by atoms with van der Waals surface area (Å²) in [6.07, 6.45) is -0.814. The number of alkyl halides is 3. The number of fused-ring (bicyclic) bond motifs is 1. The Morgan fingerprint density at radius 2 is 1.75 bits per heavy atom. The van der Waals surface area contributed by atoms with Crippen LogP contribution in [0.25, 0.3) is 10.8 Å². The second-order valence-electron chi connectivity index (χ2n) is 4.38. The number of amides is 1. The number of hydrogen-bond acceptors (Lipinski definition) is 2. The predicted octanol–water partition coefficient (Wildman–Crippen LogP) is 4.08. The summed E-state index contributed by atoms with van der Waals surface area (Å²) in [6.45, 7) is 1.37. The molecule has 0 radical (unpaired) electrons. The van der Waals surface area contributed by atoms with Gasteiger partial charge in [-0.3, -0.25) is 4.79 Å². The monoisotopic (exact) mass is 330 g/mol. The number of benzene rings is 2. The van der Waals surface area contributed by atoms with Gasteiger partial charge in [0.1, 0.15) is 6.17 Å². The Kier molecular flexibility index (Phi) is 4.63. The lowest BCUT2D eigenvalue weighted by Crippen LogP contribution is -2.48. The Morgan fingerprint density at radius 3 is 2.35 bits per heavy atom. The van der Waals surface area contributed by atoms with Crippen molar-refractivity contribution >= 4 is 57.2 Å². The average molecular weight is 332 g/mol. The molecule has 3 nitrogen and oxygen atoms in total. The Bertz CT molecular complexity index is 625. The molecule has 0 spiro atoms. The van der Waals surface area contributed by atoms with Crippen molar-refractivity contribution in [1.29, 1.82) is 0 Å². The summed E-state index contributed by atoms with van der Waals surface area (Å²) < 4.78 is -1.66. The van der Waals surface area contributed by atoms with Gasteiger partial charge in [0, 0.05) is 12.6 Å². The quantitative estimate of drug-likeness (QED) is 0.657. The maximum atomic E-state index is 11.2. The Hall–Kier alpha value is -1.16. The van der Waals surface area contributed by atoms with Crippen molar-refractivity contribution in [2.75, 3.05) is 5.32 Å². The summed E-state index contributed by atoms with van der Waals surface area (Å²) in [6, 6.07) is 13.7. The number of hydrogen-bond donors (Lipinski definition) is 2. The zero-order valence-electron chi connectivity index (χ0n) is 10.7. The van der Waals surface area contributed by atoms with E-state index in [0.29, 0.717) is 0 Å². The van der Waals surface area contributed by atoms with Crippen molar-refractivity contribution in [2.24, 2.45) is 0 Å². The minimum atomic E-state index is -1.66. The van der Waals surface area contributed by atoms with E-state index in [4.69, 9.17) is 34.8 Å². The van der Waals surface area contributed by atoms with Crippen molar-refractivity contribution in [2.45, 2.75) is 16.9 Å². The van der Waals surface area contributed by atoms with Gasteiger partial charge in [-0.1, -0.05) is 65.1 Å². The lowest BCUT2D eigenvalue weighted by molar-refractivity contribution is -0.119. The van der Waals surface area contributed by atoms with E-state index in [1.54, 1.807) is 0 Å². The van der Waals surface area contributed by atoms with E-state index in [0.717, 1.165) is 16.5 Å². The highest BCUT2D eigenvalue weighted by Gasteiger charge is 2.33. The second-order valence-corrected chi connectivity index (χ2v) is 6.75. The predicted molar refractivity (Wildman–Crippen MR) is 85.5 cm³/mol. The minimum absolute atomic E-state index is 0.283. The van der Waals surface area contributed by atoms with Crippen LogP contribution in [0.1, 0.15) is 6.92 Å². The zero-order chi connectivity index (χ0) is 14.8. The second kappa shape index (κ2) is 6.08. The van der Waals surface area contributed by atoms with Gasteiger partial charge >= 0.3 is 0 Å². The van der Waals surface area contributed by atoms with E-state index < -0.39 is 9.96 Å². The lowest BCUT2D eigenvalue weighted by atomic mass is 10.1. The van der Waals surface area contributed by atoms with E-state index in [1.807, 2.05) is 42.5 Å². The molecule has 1 amide bonds. The first-order valence-electron chi connectivity index (χ1n) is 5.95. The smallest absolute Gasteiger partial charge is 0.228 e. The third-order valence-corrected chi connectivity index (χ3v) is 3.39. The van der Waals surface area contributed by atoms with Crippen LogP contribution in [-0.2, 0) is 4.79 Å². The molecule has 0 aliphatic heterocycles. The van der Waals surface area contributed by atoms with Crippen LogP contribution in [0.3, 0.4) is 0 Å². The fraction of sp³-hybridized carbons (Fsp3) is 0.214. The highest BCUT2D eigenvalue weighted by molar-refractivity contribution is 6.68. The third kappa shape index (κ3) is 3.92. The summed E-state index contributed by atoms with van der Waals surface area (Å²) in [5.41, 5.74) is 0.758. The number of halogens is 3. The van der Waals surface area contributed by atoms with E-state index in [2.05, 4.69) is 10.6 Å². The van der Waals surface area contributed by atoms with Gasteiger partial charge in [0.25, 0.3) is 0 Å². The number of carbonyl (C=O) groups is 1. The maximum absolute atomic E-state index is 11.2. The molecule has 0 fully saturated rings. The van der Waals surface area contributed by atoms with Crippen molar-refractivity contribution in [1.82, 2.24) is 5.32 Å². The van der Waals surface area contributed by atoms with Gasteiger partial charge in [-0.2, -0.15) is 0 Å². The molecule has 0 aromatic heterocycles. The molecule has 6 heteroatoms. The maximum Gasteiger partial charge on any atom is 0.228 e. The van der Waals surface area contributed by atoms with E-state index in [9.17, 15) is 4.79 Å². The van der Waals surface area contributed by atoms with Crippen molar-refractivity contribution in [3.8, 4) is 0 Å². The molecular formula is C14H13Cl3N2O. The molecule has 0 saturated heterocycles. The van der Waals surface area contributed by atoms with Crippen LogP contribution in [0.2, 0.25) is 0 Å². The Morgan fingerprint density at radius 1 is 1.10 bits per heavy atom. The summed E-state index contributed by atoms with van der Waals surface area (Å²) in [5.74, 6) is -0.283. The van der Waals surface area contributed by atoms with Crippen molar-refractivity contribution < 1.29 is 4.79 Å². The molecule has 2 N–H and O–H groups in total. The normalized spacial score (nSPS) is 13.0. The van der Waals surface area contributed by atoms with Gasteiger partial charge in [0.2, 0.25) is 9.70 Å². The highest BCUT2D eigenvalue weighted by atomic mass is 35.6. The first-order valence-corrected chi connectivity index (χ1v) is 7.09. The number of carbonyl (C=O) groups excluding carboxylic acids is 1. The van der Waals surface area contributed by atoms with Crippen LogP contribution < -0.4 is 10.6 Å². The van der Waals surface area contributed by atoms with Gasteiger partial charge in [-0.25, -0.2) is 0 Å². The van der Waals surface area contributed by atoms with Crippen molar-refractivity contribution in [3.05, 3.63) is 42.5 Å². The fourth-order valence-electron chi connectivity index (χ4n) is 1.85. The molecule has 0 aliphatic rings. The summed E-state index contributed by atoms with van der Waals surface area (Å²) in [7, 11) is 0. The Balaban J connectivity index is 2.26. The first-order chi connectivity index (χ1) is 9.36. The molecule has 2 aromatic rings. The third-order valence-electron chi connectivity index (χ3n) is 2.74. The van der Waals surface area contributed by atoms with E-state index in [-0.39, 0.29) is 5.91 Å². The van der Waals surface area contributed by atoms with Gasteiger partial charge < -0.3 is 10.6 Å². The van der Waals surface area contributed by atoms with Gasteiger partial charge in [0.05, 0.1) is 0 Å². The zero-order valence-corrected chi connectivity index (χ0v) is 12.9. The van der Waals surface area contributed by atoms with Gasteiger partial charge in [-0.15, -0.1) is 0 Å². The lowest BCUT2D eigenvalue weighted by Gasteiger charge is -2.27. The molecule has 0 bridgehead atoms. The summed E-state index contributed by atoms with van der Waals surface area (Å²) >= 11 is 17.6. The van der Waals surface area contributed by atoms with Crippen LogP contribution >= 0.6 is 34.8 Å². The highest BCUT2D eigenvalue weighted by Crippen LogP contribution is 2.31. The molecule has 0 heterocycles. The molecule has 0 saturated carbocycles. The largest absolute Gasteiger partial charge is 0.362 e. The molecule has 20 heavy (non-hydrogen) atoms. The van der Waals surface area contributed by atoms with E-state index >= 15 is 0 Å². The van der Waals surface area contributed by atoms with Crippen LogP contribution in [0.15, 0.2) is 42.5 Å². The van der Waals surface area contributed by atoms with Crippen molar-refractivity contribution in [3.63, 3.8) is 0 Å². The number of rotatable bonds is 3. The summed E-state index contributed by atoms with van der Waals surface area (Å²) in [4.78, 5) is 11.2. The molecule has 1 atom stereocenters. The van der Waals surface area contributed by atoms with Crippen LogP contribution in [-0.4, -0.2) is 15.9 Å². The van der Waals surface area contributed by atoms with Gasteiger partial charge in [0.15, 0.2) is 0 Å².